The van der Waals surface area contributed by atoms with Gasteiger partial charge in [-0.25, -0.2) is 14.3 Å². The Hall–Kier alpha value is -7.69. The Kier molecular flexibility index (Phi) is 29.8. The number of imidazole rings is 1. The van der Waals surface area contributed by atoms with Crippen LogP contribution in [-0.4, -0.2) is 140 Å². The monoisotopic (exact) mass is 1510 g/mol. The third kappa shape index (κ3) is 19.3. The summed E-state index contributed by atoms with van der Waals surface area (Å²) in [7, 11) is -4.76. The number of nitrogens with one attached hydrogen (secondary N) is 2. The number of phosphoric acid groups is 1. The van der Waals surface area contributed by atoms with E-state index >= 15 is 0 Å². The van der Waals surface area contributed by atoms with Gasteiger partial charge in [0.05, 0.1) is 23.5 Å². The number of unbranched alkanes of at least 4 members (excludes halogenated alkanes) is 4. The van der Waals surface area contributed by atoms with Gasteiger partial charge >= 0.3 is 13.9 Å². The molecule has 1 radical (unpaired) electrons. The van der Waals surface area contributed by atoms with Crippen molar-refractivity contribution in [3.8, 4) is 0 Å². The van der Waals surface area contributed by atoms with Gasteiger partial charge in [-0.2, -0.15) is 5.70 Å². The van der Waals surface area contributed by atoms with Gasteiger partial charge in [0.2, 0.25) is 41.4 Å². The van der Waals surface area contributed by atoms with Crippen LogP contribution < -0.4 is 45.0 Å². The van der Waals surface area contributed by atoms with Crippen LogP contribution in [0, 0.1) is 71.0 Å². The molecule has 104 heavy (non-hydrogen) atoms. The van der Waals surface area contributed by atoms with E-state index in [4.69, 9.17) is 85.1 Å². The Morgan fingerprint density at radius 1 is 0.760 bits per heavy atom. The second-order valence-electron chi connectivity index (χ2n) is 29.9. The normalized spacial score (nSPS) is 29.7. The number of allylic oxidation sites excluding steroid dienone is 6. The van der Waals surface area contributed by atoms with Crippen molar-refractivity contribution in [2.75, 3.05) is 19.7 Å². The Labute approximate surface area is 619 Å². The summed E-state index contributed by atoms with van der Waals surface area (Å²) in [6.07, 6.45) is 2.79. The summed E-state index contributed by atoms with van der Waals surface area (Å²) in [5, 5.41) is 28.4. The zero-order valence-corrected chi connectivity index (χ0v) is 64.3. The number of phosphoric ester groups is 1. The number of alkyl carbamates (subject to hydrolysis) is 1. The molecule has 577 valence electrons. The molecular formula is C72H108CoN15O15P-2. The minimum atomic E-state index is -4.76. The molecule has 30 nitrogen and oxygen atoms in total. The molecule has 1 aromatic heterocycles. The standard InChI is InChI=1S/C43H64N10O6.C28H45N4O9P.CN.Co/c1-20-34-23(11-14-29(45)55)39(3,4)27(51-34)17-26-22(10-13-28(44)54)41(7,18-32(48)58)37(50-26)21(2)35-24(12-15-30(46)56)42(8,19-33(49)59)43(9,53-35)38-25(16-31(47)57)40(5,6)36(20)52-38;1-6-8-9-10-11-12-29-28(35)38-16-23-26(41-42(36,37)40-20(5)15-30-24(33)7-2)25(34)27(39-23)32-17-31-21-13-18(3)19(4)14-22(21)32;1-2;/h17,22-25,38H,10-16,18-19H2,1-9H3,(H13,44,45,46,47,48,49,50,51,52,53,54,55,56,57,58,59);13-14,17,20,23,25-27,34H,6-12,15-16H2,1-5H3,(H,29,35)(H,30,33)(H,36,37);;/q;;-1;/p-1/t22-,23-,24-,25+,38-,41+,42+,43+;20-,23-,25-,26-,27+;;/m11../s1. The summed E-state index contributed by atoms with van der Waals surface area (Å²) >= 11 is 0. The van der Waals surface area contributed by atoms with Crippen LogP contribution in [-0.2, 0) is 73.4 Å². The van der Waals surface area contributed by atoms with E-state index in [1.807, 2.05) is 94.4 Å². The molecule has 0 aliphatic carbocycles. The van der Waals surface area contributed by atoms with Crippen molar-refractivity contribution < 1.29 is 88.2 Å². The number of hydrogen-bond donors (Lipinski definition) is 10. The molecule has 8 bridgehead atoms. The van der Waals surface area contributed by atoms with E-state index in [2.05, 4.69) is 22.5 Å². The van der Waals surface area contributed by atoms with Crippen LogP contribution in [0.4, 0.5) is 4.79 Å². The zero-order valence-electron chi connectivity index (χ0n) is 62.4. The smallest absolute Gasteiger partial charge is 0.472 e. The SMILES string of the molecule is C/C1=C2N=C(/C=C3N=C(/C(C)=C4\[N-][C@@](C)([C@@H]5N=C1C(C)(C)[C@H]5CC(N)=O)[C@@](C)(CC(N)=O)[C@@H]4CCC(N)=O)[C@@](C)(CC(N)=O)[C@@H]\3CCC(N)=O)C(C)(C)[C@@H]/2CCC(N)=O.CCCCCCCNC(=O)OC[C@H]1O[C@H](n2cnc3cc(C)c(C)cc32)[C@H](O)[C@@H]1OP(=O)(O)O[C@H](C)CNC(=O)CC.[C-]#N.[Co]. The second kappa shape index (κ2) is 35.6. The molecule has 0 saturated carbocycles. The van der Waals surface area contributed by atoms with Gasteiger partial charge in [0.25, 0.3) is 0 Å². The number of nitrogens with two attached hydrogens (primary N) is 6. The van der Waals surface area contributed by atoms with E-state index in [9.17, 15) is 52.9 Å². The molecule has 2 aromatic rings. The molecule has 6 aliphatic rings. The van der Waals surface area contributed by atoms with E-state index in [-0.39, 0.29) is 99.5 Å². The van der Waals surface area contributed by atoms with Crippen molar-refractivity contribution in [2.45, 2.75) is 235 Å². The van der Waals surface area contributed by atoms with E-state index < -0.39 is 131 Å². The van der Waals surface area contributed by atoms with Crippen molar-refractivity contribution >= 4 is 83.4 Å². The molecule has 0 spiro atoms. The maximum atomic E-state index is 13.2. The molecule has 1 unspecified atom stereocenters. The molecule has 7 heterocycles. The number of aryl methyl sites for hydroxylation is 2. The molecule has 32 heteroatoms. The van der Waals surface area contributed by atoms with Gasteiger partial charge in [-0.3, -0.25) is 57.6 Å². The first-order valence-electron chi connectivity index (χ1n) is 35.3. The number of amides is 8. The van der Waals surface area contributed by atoms with Gasteiger partial charge in [0, 0.05) is 137 Å². The molecule has 1 aromatic carbocycles. The number of fused-ring (bicyclic) bond motifs is 7. The van der Waals surface area contributed by atoms with Crippen LogP contribution in [0.2, 0.25) is 0 Å². The third-order valence-electron chi connectivity index (χ3n) is 21.9. The number of ether oxygens (including phenoxy) is 2. The fraction of sp³-hybridized carbons (Fsp3) is 0.653. The number of primary amides is 6. The van der Waals surface area contributed by atoms with Gasteiger partial charge in [-0.1, -0.05) is 93.5 Å². The number of aliphatic hydroxyl groups excluding tert-OH is 1. The van der Waals surface area contributed by atoms with Crippen LogP contribution in [0.3, 0.4) is 0 Å². The summed E-state index contributed by atoms with van der Waals surface area (Å²) in [5.41, 5.74) is 38.9. The van der Waals surface area contributed by atoms with E-state index in [1.165, 1.54) is 13.3 Å². The fourth-order valence-electron chi connectivity index (χ4n) is 16.0. The van der Waals surface area contributed by atoms with Crippen molar-refractivity contribution in [3.63, 3.8) is 0 Å². The number of nitrogens with zero attached hydrogens (tertiary/aromatic N) is 7. The van der Waals surface area contributed by atoms with Gasteiger partial charge in [0.1, 0.15) is 24.9 Å². The first-order valence-corrected chi connectivity index (χ1v) is 36.8. The van der Waals surface area contributed by atoms with Gasteiger partial charge in [0.15, 0.2) is 6.23 Å². The Morgan fingerprint density at radius 2 is 1.35 bits per heavy atom. The quantitative estimate of drug-likeness (QED) is 0.0200. The largest absolute Gasteiger partial charge is 0.680 e. The molecule has 6 aliphatic heterocycles. The summed E-state index contributed by atoms with van der Waals surface area (Å²) in [6.45, 7) is 31.7. The minimum absolute atomic E-state index is 0. The third-order valence-corrected chi connectivity index (χ3v) is 23.0. The van der Waals surface area contributed by atoms with Crippen molar-refractivity contribution in [2.24, 2.45) is 94.7 Å². The molecule has 16 N–H and O–H groups in total. The summed E-state index contributed by atoms with van der Waals surface area (Å²) in [5.74, 6) is -5.48. The molecule has 14 atom stereocenters. The van der Waals surface area contributed by atoms with Crippen LogP contribution in [0.15, 0.2) is 67.8 Å². The minimum Gasteiger partial charge on any atom is -0.680 e. The number of aromatic nitrogens is 2. The number of carbonyl (C=O) groups excluding carboxylic acids is 8. The molecule has 8 amide bonds. The van der Waals surface area contributed by atoms with Crippen molar-refractivity contribution in [1.29, 1.82) is 5.26 Å². The van der Waals surface area contributed by atoms with Gasteiger partial charge in [-0.05, 0) is 118 Å². The van der Waals surface area contributed by atoms with Crippen molar-refractivity contribution in [1.82, 2.24) is 20.2 Å². The number of aliphatic imine (C=N–C) groups is 3. The van der Waals surface area contributed by atoms with Crippen molar-refractivity contribution in [3.05, 3.63) is 75.8 Å². The maximum Gasteiger partial charge on any atom is 0.472 e. The van der Waals surface area contributed by atoms with E-state index in [0.717, 1.165) is 48.8 Å². The zero-order chi connectivity index (χ0) is 77.2. The molecule has 2 saturated heterocycles. The van der Waals surface area contributed by atoms with Crippen LogP contribution >= 0.6 is 7.82 Å². The number of carbonyl (C=O) groups is 8. The van der Waals surface area contributed by atoms with Crippen LogP contribution in [0.5, 0.6) is 0 Å². The fourth-order valence-corrected chi connectivity index (χ4v) is 17.1. The molecule has 2 fully saturated rings. The second-order valence-corrected chi connectivity index (χ2v) is 31.3. The first kappa shape index (κ1) is 86.9. The number of aliphatic hydroxyl groups is 1. The predicted molar refractivity (Wildman–Crippen MR) is 387 cm³/mol. The predicted octanol–water partition coefficient (Wildman–Crippen LogP) is 7.38. The molecule has 8 rings (SSSR count). The first-order chi connectivity index (χ1) is 48.1. The number of hydrogen-bond acceptors (Lipinski definition) is 19. The summed E-state index contributed by atoms with van der Waals surface area (Å²) in [4.78, 5) is 132. The number of benzene rings is 1. The van der Waals surface area contributed by atoms with Crippen LogP contribution in [0.25, 0.3) is 16.4 Å². The average Bonchev–Trinajstić information content (AvgIpc) is 1.53. The van der Waals surface area contributed by atoms with E-state index in [1.54, 1.807) is 11.5 Å². The molecular weight excluding hydrogens is 1400 g/mol. The van der Waals surface area contributed by atoms with Gasteiger partial charge < -0.3 is 86.2 Å². The Bertz CT molecular complexity index is 3840. The van der Waals surface area contributed by atoms with Gasteiger partial charge in [-0.15, -0.1) is 0 Å². The topological polar surface area (TPSA) is 504 Å². The summed E-state index contributed by atoms with van der Waals surface area (Å²) < 4.78 is 36.6. The Morgan fingerprint density at radius 3 is 1.92 bits per heavy atom. The number of rotatable bonds is 31. The van der Waals surface area contributed by atoms with Crippen LogP contribution in [0.1, 0.15) is 197 Å². The maximum absolute atomic E-state index is 13.2. The average molecular weight is 1510 g/mol. The summed E-state index contributed by atoms with van der Waals surface area (Å²) in [6, 6.07) is 3.08. The Balaban J connectivity index is 0.000000382. The van der Waals surface area contributed by atoms with E-state index in [0.29, 0.717) is 63.8 Å².